The third-order valence-electron chi connectivity index (χ3n) is 4.91. The monoisotopic (exact) mass is 455 g/mol. The average molecular weight is 456 g/mol. The van der Waals surface area contributed by atoms with Crippen LogP contribution in [-0.2, 0) is 0 Å². The summed E-state index contributed by atoms with van der Waals surface area (Å²) in [6, 6.07) is 6.06. The predicted octanol–water partition coefficient (Wildman–Crippen LogP) is 4.86. The van der Waals surface area contributed by atoms with E-state index in [1.54, 1.807) is 17.9 Å². The third-order valence-corrected chi connectivity index (χ3v) is 5.62. The van der Waals surface area contributed by atoms with Crippen molar-refractivity contribution >= 4 is 46.4 Å². The molecule has 4 N–H and O–H groups in total. The van der Waals surface area contributed by atoms with Crippen molar-refractivity contribution in [1.29, 1.82) is 5.41 Å². The number of anilines is 2. The van der Waals surface area contributed by atoms with E-state index in [1.807, 2.05) is 0 Å². The first kappa shape index (κ1) is 22.2. The van der Waals surface area contributed by atoms with Gasteiger partial charge in [-0.2, -0.15) is 0 Å². The molecule has 0 unspecified atom stereocenters. The number of pyridine rings is 1. The van der Waals surface area contributed by atoms with Crippen LogP contribution >= 0.6 is 23.2 Å². The summed E-state index contributed by atoms with van der Waals surface area (Å²) in [5.41, 5.74) is 6.85. The van der Waals surface area contributed by atoms with Crippen molar-refractivity contribution < 1.29 is 13.6 Å². The number of aromatic nitrogens is 1. The number of hydrogen-bond donors (Lipinski definition) is 3. The molecular weight excluding hydrogens is 435 g/mol. The van der Waals surface area contributed by atoms with Gasteiger partial charge >= 0.3 is 0 Å². The maximum atomic E-state index is 13.8. The van der Waals surface area contributed by atoms with Gasteiger partial charge in [0.2, 0.25) is 5.92 Å². The average Bonchev–Trinajstić information content (AvgIpc) is 2.85. The van der Waals surface area contributed by atoms with Crippen molar-refractivity contribution in [2.75, 3.05) is 23.3 Å². The smallest absolute Gasteiger partial charge is 0.259 e. The van der Waals surface area contributed by atoms with Gasteiger partial charge in [0.15, 0.2) is 0 Å². The molecule has 0 aliphatic carbocycles. The zero-order valence-corrected chi connectivity index (χ0v) is 17.7. The van der Waals surface area contributed by atoms with Crippen LogP contribution in [0.5, 0.6) is 0 Å². The number of carbonyl (C=O) groups is 1. The van der Waals surface area contributed by atoms with Gasteiger partial charge in [-0.3, -0.25) is 10.2 Å². The summed E-state index contributed by atoms with van der Waals surface area (Å²) in [5, 5.41) is 10.9. The summed E-state index contributed by atoms with van der Waals surface area (Å²) in [6.45, 7) is 2.13. The van der Waals surface area contributed by atoms with Crippen LogP contribution in [0.1, 0.15) is 40.9 Å². The normalized spacial score (nSPS) is 16.1. The molecule has 0 saturated carbocycles. The first-order valence-corrected chi connectivity index (χ1v) is 10.1. The molecule has 1 aliphatic heterocycles. The number of carbonyl (C=O) groups excluding carboxylic acids is 1. The van der Waals surface area contributed by atoms with E-state index in [2.05, 4.69) is 10.3 Å². The number of amides is 1. The lowest BCUT2D eigenvalue weighted by Gasteiger charge is -2.24. The molecule has 2 aromatic rings. The molecule has 6 nitrogen and oxygen atoms in total. The second-order valence-electron chi connectivity index (χ2n) is 7.19. The minimum Gasteiger partial charge on any atom is -0.384 e. The van der Waals surface area contributed by atoms with Gasteiger partial charge in [0.05, 0.1) is 21.3 Å². The Kier molecular flexibility index (Phi) is 6.47. The summed E-state index contributed by atoms with van der Waals surface area (Å²) >= 11 is 12.2. The van der Waals surface area contributed by atoms with E-state index in [-0.39, 0.29) is 47.8 Å². The molecule has 1 saturated heterocycles. The largest absolute Gasteiger partial charge is 0.384 e. The van der Waals surface area contributed by atoms with Crippen LogP contribution in [0.4, 0.5) is 20.3 Å². The van der Waals surface area contributed by atoms with E-state index >= 15 is 0 Å². The summed E-state index contributed by atoms with van der Waals surface area (Å²) in [6.07, 6.45) is -0.219. The highest BCUT2D eigenvalue weighted by Gasteiger charge is 2.33. The van der Waals surface area contributed by atoms with Gasteiger partial charge in [-0.1, -0.05) is 23.2 Å². The van der Waals surface area contributed by atoms with Crippen molar-refractivity contribution in [3.8, 4) is 0 Å². The van der Waals surface area contributed by atoms with Gasteiger partial charge in [-0.25, -0.2) is 13.8 Å². The van der Waals surface area contributed by atoms with E-state index in [9.17, 15) is 13.6 Å². The molecule has 0 bridgehead atoms. The second kappa shape index (κ2) is 8.73. The quantitative estimate of drug-likeness (QED) is 0.453. The highest BCUT2D eigenvalue weighted by Crippen LogP contribution is 2.32. The van der Waals surface area contributed by atoms with Crippen molar-refractivity contribution in [1.82, 2.24) is 4.98 Å². The third kappa shape index (κ3) is 4.99. The van der Waals surface area contributed by atoms with Crippen LogP contribution < -0.4 is 16.0 Å². The molecule has 2 heterocycles. The first-order valence-electron chi connectivity index (χ1n) is 9.32. The van der Waals surface area contributed by atoms with Crippen LogP contribution in [0.3, 0.4) is 0 Å². The molecule has 10 heteroatoms. The first-order chi connectivity index (χ1) is 14.1. The number of nitrogen functional groups attached to an aromatic ring is 1. The Bertz CT molecular complexity index is 999. The van der Waals surface area contributed by atoms with Crippen LogP contribution in [0.15, 0.2) is 24.3 Å². The number of nitrogens with zero attached hydrogens (tertiary/aromatic N) is 2. The summed E-state index contributed by atoms with van der Waals surface area (Å²) in [7, 11) is 0. The number of benzene rings is 1. The Labute approximate surface area is 182 Å². The number of hydrogen-bond acceptors (Lipinski definition) is 4. The molecule has 0 radical (unpaired) electrons. The minimum atomic E-state index is -2.73. The van der Waals surface area contributed by atoms with Gasteiger partial charge in [0.1, 0.15) is 11.7 Å². The molecule has 1 aromatic heterocycles. The zero-order chi connectivity index (χ0) is 22.1. The Morgan fingerprint density at radius 3 is 2.63 bits per heavy atom. The number of nitrogens with two attached hydrogens (primary N) is 1. The highest BCUT2D eigenvalue weighted by atomic mass is 35.5. The number of halogens is 4. The molecule has 0 spiro atoms. The standard InChI is InChI=1S/C20H21Cl2F2N5O/c1-11-16(22)10-14(18(27-11)29-7-2-5-20(23,24)6-8-29)19(30)28-12-3-4-15(21)13(9-12)17(25)26/h3-4,9-10H,2,5-8H2,1H3,(H3,25,26)(H,28,30). The van der Waals surface area contributed by atoms with E-state index < -0.39 is 11.8 Å². The van der Waals surface area contributed by atoms with Crippen LogP contribution in [-0.4, -0.2) is 35.7 Å². The SMILES string of the molecule is Cc1nc(N2CCCC(F)(F)CC2)c(C(=O)Nc2ccc(Cl)c(C(=N)N)c2)cc1Cl. The van der Waals surface area contributed by atoms with Gasteiger partial charge in [0, 0.05) is 37.2 Å². The van der Waals surface area contributed by atoms with Crippen molar-refractivity contribution in [3.05, 3.63) is 51.1 Å². The van der Waals surface area contributed by atoms with Gasteiger partial charge in [0.25, 0.3) is 5.91 Å². The summed E-state index contributed by atoms with van der Waals surface area (Å²) in [4.78, 5) is 19.1. The number of aryl methyl sites for hydroxylation is 1. The van der Waals surface area contributed by atoms with Crippen LogP contribution in [0.25, 0.3) is 0 Å². The number of amidine groups is 1. The van der Waals surface area contributed by atoms with E-state index in [0.717, 1.165) is 0 Å². The lowest BCUT2D eigenvalue weighted by Crippen LogP contribution is -2.29. The number of alkyl halides is 2. The Hall–Kier alpha value is -2.45. The zero-order valence-electron chi connectivity index (χ0n) is 16.2. The van der Waals surface area contributed by atoms with Gasteiger partial charge in [-0.05, 0) is 37.6 Å². The van der Waals surface area contributed by atoms with Gasteiger partial charge < -0.3 is 16.0 Å². The molecule has 3 rings (SSSR count). The fourth-order valence-corrected chi connectivity index (χ4v) is 3.63. The Morgan fingerprint density at radius 2 is 1.93 bits per heavy atom. The van der Waals surface area contributed by atoms with E-state index in [1.165, 1.54) is 18.2 Å². The molecule has 30 heavy (non-hydrogen) atoms. The Morgan fingerprint density at radius 1 is 1.20 bits per heavy atom. The fourth-order valence-electron chi connectivity index (χ4n) is 3.26. The maximum Gasteiger partial charge on any atom is 0.259 e. The van der Waals surface area contributed by atoms with Crippen LogP contribution in [0, 0.1) is 12.3 Å². The topological polar surface area (TPSA) is 95.1 Å². The highest BCUT2D eigenvalue weighted by molar-refractivity contribution is 6.34. The minimum absolute atomic E-state index is 0.0801. The fraction of sp³-hybridized carbons (Fsp3) is 0.350. The molecular formula is C20H21Cl2F2N5O. The predicted molar refractivity (Wildman–Crippen MR) is 115 cm³/mol. The summed E-state index contributed by atoms with van der Waals surface area (Å²) in [5.74, 6) is -3.16. The molecule has 1 aromatic carbocycles. The summed E-state index contributed by atoms with van der Waals surface area (Å²) < 4.78 is 27.6. The molecule has 1 fully saturated rings. The lowest BCUT2D eigenvalue weighted by molar-refractivity contribution is -0.0102. The van der Waals surface area contributed by atoms with E-state index in [0.29, 0.717) is 28.8 Å². The maximum absolute atomic E-state index is 13.8. The second-order valence-corrected chi connectivity index (χ2v) is 8.00. The lowest BCUT2D eigenvalue weighted by atomic mass is 10.1. The van der Waals surface area contributed by atoms with E-state index in [4.69, 9.17) is 34.3 Å². The van der Waals surface area contributed by atoms with Crippen molar-refractivity contribution in [3.63, 3.8) is 0 Å². The molecule has 160 valence electrons. The van der Waals surface area contributed by atoms with Crippen molar-refractivity contribution in [2.24, 2.45) is 5.73 Å². The van der Waals surface area contributed by atoms with Gasteiger partial charge in [-0.15, -0.1) is 0 Å². The molecule has 1 aliphatic rings. The van der Waals surface area contributed by atoms with Crippen molar-refractivity contribution in [2.45, 2.75) is 32.1 Å². The number of rotatable bonds is 4. The number of nitrogens with one attached hydrogen (secondary N) is 2. The molecule has 1 amide bonds. The Balaban J connectivity index is 1.93. The molecule has 0 atom stereocenters. The van der Waals surface area contributed by atoms with Crippen LogP contribution in [0.2, 0.25) is 10.0 Å².